The van der Waals surface area contributed by atoms with Crippen molar-refractivity contribution in [2.24, 2.45) is 0 Å². The SMILES string of the molecule is COC(=O)c1nnn(CC(=O)NCc2ccccc2Br)c1N. The molecule has 0 unspecified atom stereocenters. The normalized spacial score (nSPS) is 10.3. The number of nitrogens with zero attached hydrogens (tertiary/aromatic N) is 3. The van der Waals surface area contributed by atoms with Crippen LogP contribution in [0.4, 0.5) is 5.82 Å². The van der Waals surface area contributed by atoms with E-state index in [0.29, 0.717) is 6.54 Å². The molecule has 2 rings (SSSR count). The molecule has 0 fully saturated rings. The lowest BCUT2D eigenvalue weighted by atomic mass is 10.2. The summed E-state index contributed by atoms with van der Waals surface area (Å²) in [6, 6.07) is 7.55. The Hall–Kier alpha value is -2.42. The number of benzene rings is 1. The average molecular weight is 368 g/mol. The molecule has 0 radical (unpaired) electrons. The quantitative estimate of drug-likeness (QED) is 0.753. The van der Waals surface area contributed by atoms with E-state index >= 15 is 0 Å². The van der Waals surface area contributed by atoms with Crippen LogP contribution in [0.1, 0.15) is 16.1 Å². The first-order valence-electron chi connectivity index (χ1n) is 6.30. The monoisotopic (exact) mass is 367 g/mol. The van der Waals surface area contributed by atoms with Crippen LogP contribution in [0.5, 0.6) is 0 Å². The minimum Gasteiger partial charge on any atom is -0.464 e. The number of hydrogen-bond donors (Lipinski definition) is 2. The van der Waals surface area contributed by atoms with Crippen LogP contribution < -0.4 is 11.1 Å². The molecule has 8 nitrogen and oxygen atoms in total. The van der Waals surface area contributed by atoms with E-state index in [4.69, 9.17) is 5.73 Å². The Morgan fingerprint density at radius 3 is 2.82 bits per heavy atom. The number of rotatable bonds is 5. The first kappa shape index (κ1) is 16.0. The fourth-order valence-electron chi connectivity index (χ4n) is 1.71. The van der Waals surface area contributed by atoms with Gasteiger partial charge in [-0.15, -0.1) is 5.10 Å². The molecule has 0 saturated heterocycles. The summed E-state index contributed by atoms with van der Waals surface area (Å²) in [7, 11) is 1.21. The number of halogens is 1. The van der Waals surface area contributed by atoms with Crippen LogP contribution in [-0.4, -0.2) is 34.0 Å². The number of ether oxygens (including phenoxy) is 1. The molecule has 9 heteroatoms. The maximum Gasteiger partial charge on any atom is 0.362 e. The van der Waals surface area contributed by atoms with Crippen molar-refractivity contribution in [1.82, 2.24) is 20.3 Å². The van der Waals surface area contributed by atoms with Gasteiger partial charge in [-0.3, -0.25) is 4.79 Å². The third-order valence-electron chi connectivity index (χ3n) is 2.88. The van der Waals surface area contributed by atoms with Gasteiger partial charge < -0.3 is 15.8 Å². The number of esters is 1. The molecule has 1 aromatic carbocycles. The van der Waals surface area contributed by atoms with E-state index in [9.17, 15) is 9.59 Å². The van der Waals surface area contributed by atoms with Crippen LogP contribution in [0.2, 0.25) is 0 Å². The van der Waals surface area contributed by atoms with Crippen LogP contribution in [0, 0.1) is 0 Å². The molecule has 0 spiro atoms. The fourth-order valence-corrected chi connectivity index (χ4v) is 2.13. The minimum absolute atomic E-state index is 0.0112. The predicted molar refractivity (Wildman–Crippen MR) is 81.8 cm³/mol. The third kappa shape index (κ3) is 3.61. The van der Waals surface area contributed by atoms with Crippen LogP contribution >= 0.6 is 15.9 Å². The number of nitrogens with one attached hydrogen (secondary N) is 1. The van der Waals surface area contributed by atoms with Gasteiger partial charge in [-0.25, -0.2) is 9.48 Å². The Morgan fingerprint density at radius 2 is 2.14 bits per heavy atom. The van der Waals surface area contributed by atoms with Crippen molar-refractivity contribution in [3.63, 3.8) is 0 Å². The second-order valence-corrected chi connectivity index (χ2v) is 5.19. The summed E-state index contributed by atoms with van der Waals surface area (Å²) in [5, 5.41) is 10.0. The third-order valence-corrected chi connectivity index (χ3v) is 3.65. The lowest BCUT2D eigenvalue weighted by Gasteiger charge is -2.07. The van der Waals surface area contributed by atoms with E-state index in [0.717, 1.165) is 14.7 Å². The van der Waals surface area contributed by atoms with E-state index < -0.39 is 5.97 Å². The molecule has 1 aromatic heterocycles. The van der Waals surface area contributed by atoms with Crippen molar-refractivity contribution in [3.05, 3.63) is 40.0 Å². The lowest BCUT2D eigenvalue weighted by Crippen LogP contribution is -2.28. The van der Waals surface area contributed by atoms with E-state index in [2.05, 4.69) is 36.3 Å². The number of anilines is 1. The maximum absolute atomic E-state index is 11.9. The molecule has 116 valence electrons. The highest BCUT2D eigenvalue weighted by Crippen LogP contribution is 2.15. The number of carbonyl (C=O) groups excluding carboxylic acids is 2. The topological polar surface area (TPSA) is 112 Å². The zero-order valence-corrected chi connectivity index (χ0v) is 13.3. The van der Waals surface area contributed by atoms with Crippen LogP contribution in [-0.2, 0) is 22.6 Å². The van der Waals surface area contributed by atoms with E-state index in [1.54, 1.807) is 0 Å². The van der Waals surface area contributed by atoms with Gasteiger partial charge in [-0.2, -0.15) is 0 Å². The number of aromatic nitrogens is 3. The van der Waals surface area contributed by atoms with Gasteiger partial charge in [0.2, 0.25) is 11.6 Å². The Morgan fingerprint density at radius 1 is 1.41 bits per heavy atom. The van der Waals surface area contributed by atoms with Crippen molar-refractivity contribution in [1.29, 1.82) is 0 Å². The second kappa shape index (κ2) is 7.03. The van der Waals surface area contributed by atoms with Crippen molar-refractivity contribution >= 4 is 33.6 Å². The first-order chi connectivity index (χ1) is 10.5. The fraction of sp³-hybridized carbons (Fsp3) is 0.231. The molecule has 0 atom stereocenters. The Balaban J connectivity index is 1.97. The van der Waals surface area contributed by atoms with Crippen molar-refractivity contribution in [2.75, 3.05) is 12.8 Å². The van der Waals surface area contributed by atoms with Crippen LogP contribution in [0.25, 0.3) is 0 Å². The molecule has 0 aliphatic carbocycles. The predicted octanol–water partition coefficient (Wildman–Crippen LogP) is 0.726. The first-order valence-corrected chi connectivity index (χ1v) is 7.09. The van der Waals surface area contributed by atoms with Crippen LogP contribution in [0.3, 0.4) is 0 Å². The number of hydrogen-bond acceptors (Lipinski definition) is 6. The van der Waals surface area contributed by atoms with Gasteiger partial charge in [0, 0.05) is 11.0 Å². The largest absolute Gasteiger partial charge is 0.464 e. The summed E-state index contributed by atoms with van der Waals surface area (Å²) >= 11 is 3.40. The molecule has 1 heterocycles. The second-order valence-electron chi connectivity index (χ2n) is 4.34. The summed E-state index contributed by atoms with van der Waals surface area (Å²) in [5.41, 5.74) is 6.54. The van der Waals surface area contributed by atoms with Crippen molar-refractivity contribution in [2.45, 2.75) is 13.1 Å². The molecule has 3 N–H and O–H groups in total. The molecule has 1 amide bonds. The lowest BCUT2D eigenvalue weighted by molar-refractivity contribution is -0.122. The molecule has 0 aliphatic rings. The maximum atomic E-state index is 11.9. The Kier molecular flexibility index (Phi) is 5.10. The number of nitrogens with two attached hydrogens (primary N) is 1. The minimum atomic E-state index is -0.697. The molecule has 0 bridgehead atoms. The van der Waals surface area contributed by atoms with E-state index in [1.807, 2.05) is 24.3 Å². The van der Waals surface area contributed by atoms with E-state index in [-0.39, 0.29) is 24.0 Å². The van der Waals surface area contributed by atoms with Crippen molar-refractivity contribution in [3.8, 4) is 0 Å². The van der Waals surface area contributed by atoms with Crippen LogP contribution in [0.15, 0.2) is 28.7 Å². The Labute approximate surface area is 134 Å². The number of methoxy groups -OCH3 is 1. The van der Waals surface area contributed by atoms with Gasteiger partial charge in [0.1, 0.15) is 6.54 Å². The average Bonchev–Trinajstić information content (AvgIpc) is 2.87. The van der Waals surface area contributed by atoms with Gasteiger partial charge in [0.15, 0.2) is 5.82 Å². The van der Waals surface area contributed by atoms with Gasteiger partial charge in [0.05, 0.1) is 7.11 Å². The van der Waals surface area contributed by atoms with Gasteiger partial charge >= 0.3 is 5.97 Å². The van der Waals surface area contributed by atoms with E-state index in [1.165, 1.54) is 7.11 Å². The smallest absolute Gasteiger partial charge is 0.362 e. The highest BCUT2D eigenvalue weighted by atomic mass is 79.9. The van der Waals surface area contributed by atoms with Gasteiger partial charge in [0.25, 0.3) is 0 Å². The zero-order chi connectivity index (χ0) is 16.1. The molecular weight excluding hydrogens is 354 g/mol. The molecule has 2 aromatic rings. The molecule has 0 aliphatic heterocycles. The van der Waals surface area contributed by atoms with Gasteiger partial charge in [-0.05, 0) is 11.6 Å². The molecule has 0 saturated carbocycles. The van der Waals surface area contributed by atoms with Gasteiger partial charge in [-0.1, -0.05) is 39.3 Å². The number of amides is 1. The summed E-state index contributed by atoms with van der Waals surface area (Å²) in [6.45, 7) is 0.221. The summed E-state index contributed by atoms with van der Waals surface area (Å²) < 4.78 is 6.56. The molecular formula is C13H14BrN5O3. The van der Waals surface area contributed by atoms with Crippen molar-refractivity contribution < 1.29 is 14.3 Å². The Bertz CT molecular complexity index is 701. The molecule has 22 heavy (non-hydrogen) atoms. The summed E-state index contributed by atoms with van der Waals surface area (Å²) in [4.78, 5) is 23.3. The standard InChI is InChI=1S/C13H14BrN5O3/c1-22-13(21)11-12(15)19(18-17-11)7-10(20)16-6-8-4-2-3-5-9(8)14/h2-5H,6-7,15H2,1H3,(H,16,20). The summed E-state index contributed by atoms with van der Waals surface area (Å²) in [6.07, 6.45) is 0. The highest BCUT2D eigenvalue weighted by Gasteiger charge is 2.19. The highest BCUT2D eigenvalue weighted by molar-refractivity contribution is 9.10. The number of carbonyl (C=O) groups is 2. The number of nitrogen functional groups attached to an aromatic ring is 1. The summed E-state index contributed by atoms with van der Waals surface area (Å²) in [5.74, 6) is -1.01. The zero-order valence-electron chi connectivity index (χ0n) is 11.7.